The summed E-state index contributed by atoms with van der Waals surface area (Å²) >= 11 is 0. The Labute approximate surface area is 224 Å². The highest BCUT2D eigenvalue weighted by molar-refractivity contribution is 7.97. The summed E-state index contributed by atoms with van der Waals surface area (Å²) in [6.07, 6.45) is 3.74. The number of ether oxygens (including phenoxy) is 2. The number of hydrogen-bond acceptors (Lipinski definition) is 7. The molecule has 0 N–H and O–H groups in total. The van der Waals surface area contributed by atoms with Gasteiger partial charge in [-0.2, -0.15) is 0 Å². The van der Waals surface area contributed by atoms with E-state index in [-0.39, 0.29) is 17.2 Å². The van der Waals surface area contributed by atoms with Crippen molar-refractivity contribution in [3.8, 4) is 5.75 Å². The Bertz CT molecular complexity index is 1150. The molecule has 0 aliphatic carbocycles. The van der Waals surface area contributed by atoms with E-state index in [4.69, 9.17) is 22.4 Å². The van der Waals surface area contributed by atoms with Crippen LogP contribution >= 0.6 is 0 Å². The highest BCUT2D eigenvalue weighted by Crippen LogP contribution is 2.34. The zero-order chi connectivity index (χ0) is 27.0. The van der Waals surface area contributed by atoms with Gasteiger partial charge < -0.3 is 23.8 Å². The first-order valence-electron chi connectivity index (χ1n) is 12.1. The van der Waals surface area contributed by atoms with Crippen molar-refractivity contribution in [2.45, 2.75) is 40.2 Å². The molecule has 1 aliphatic heterocycles. The maximum Gasteiger partial charge on any atom is 0.199 e. The van der Waals surface area contributed by atoms with Gasteiger partial charge in [-0.15, -0.1) is 0 Å². The predicted molar refractivity (Wildman–Crippen MR) is 150 cm³/mol. The van der Waals surface area contributed by atoms with Crippen LogP contribution in [0, 0.1) is 0 Å². The van der Waals surface area contributed by atoms with Crippen molar-refractivity contribution in [3.05, 3.63) is 72.8 Å². The summed E-state index contributed by atoms with van der Waals surface area (Å²) in [5, 5.41) is 0. The minimum absolute atomic E-state index is 0.120. The Kier molecular flexibility index (Phi) is 10.3. The molecule has 7 nitrogen and oxygen atoms in total. The summed E-state index contributed by atoms with van der Waals surface area (Å²) in [6.45, 7) is 0.790. The predicted octanol–water partition coefficient (Wildman–Crippen LogP) is 4.98. The van der Waals surface area contributed by atoms with E-state index in [0.717, 1.165) is 31.6 Å². The van der Waals surface area contributed by atoms with Crippen molar-refractivity contribution >= 4 is 32.4 Å². The second-order valence-corrected chi connectivity index (χ2v) is 12.6. The molecule has 4 rings (SSSR count). The Morgan fingerprint density at radius 3 is 1.54 bits per heavy atom. The average molecular weight is 545 g/mol. The van der Waals surface area contributed by atoms with Crippen LogP contribution in [-0.2, 0) is 25.7 Å². The standard InChI is InChI=1S/C27H33N2O2S.CH4O3S/c1-28(2)21-8-14-24(15-9-21)32(25-16-10-22(11-17-25)29(3)4)26-18-12-23(13-19-26)31-27-7-5-6-20-30-27;1-5(2,3)4/h8-19,27H,5-7,20H2,1-4H3;1H3,(H,2,3,4)/q+1;/p-1. The molecule has 0 amide bonds. The molecule has 0 saturated carbocycles. The third-order valence-electron chi connectivity index (χ3n) is 5.64. The van der Waals surface area contributed by atoms with Gasteiger partial charge in [-0.25, -0.2) is 8.42 Å². The van der Waals surface area contributed by atoms with Crippen LogP contribution in [0.15, 0.2) is 87.5 Å². The van der Waals surface area contributed by atoms with E-state index >= 15 is 0 Å². The first kappa shape index (κ1) is 28.8. The van der Waals surface area contributed by atoms with Gasteiger partial charge in [-0.3, -0.25) is 0 Å². The number of nitrogens with zero attached hydrogens (tertiary/aromatic N) is 2. The van der Waals surface area contributed by atoms with Gasteiger partial charge in [0.25, 0.3) is 0 Å². The largest absolute Gasteiger partial charge is 0.748 e. The van der Waals surface area contributed by atoms with E-state index < -0.39 is 10.1 Å². The summed E-state index contributed by atoms with van der Waals surface area (Å²) in [5.41, 5.74) is 2.41. The summed E-state index contributed by atoms with van der Waals surface area (Å²) < 4.78 is 39.0. The van der Waals surface area contributed by atoms with E-state index in [0.29, 0.717) is 6.26 Å². The van der Waals surface area contributed by atoms with Crippen molar-refractivity contribution < 1.29 is 22.4 Å². The van der Waals surface area contributed by atoms with Gasteiger partial charge in [0.05, 0.1) is 27.6 Å². The van der Waals surface area contributed by atoms with Crippen LogP contribution < -0.4 is 14.5 Å². The topological polar surface area (TPSA) is 82.1 Å². The van der Waals surface area contributed by atoms with Crippen molar-refractivity contribution in [2.24, 2.45) is 0 Å². The van der Waals surface area contributed by atoms with Gasteiger partial charge in [0.2, 0.25) is 0 Å². The van der Waals surface area contributed by atoms with Gasteiger partial charge in [0.1, 0.15) is 5.75 Å². The smallest absolute Gasteiger partial charge is 0.199 e. The quantitative estimate of drug-likeness (QED) is 0.306. The molecule has 1 unspecified atom stereocenters. The Hall–Kier alpha value is -2.72. The Morgan fingerprint density at radius 1 is 0.784 bits per heavy atom. The van der Waals surface area contributed by atoms with E-state index in [1.54, 1.807) is 0 Å². The van der Waals surface area contributed by atoms with Crippen molar-refractivity contribution in [3.63, 3.8) is 0 Å². The first-order valence-corrected chi connectivity index (χ1v) is 15.1. The SMILES string of the molecule is CN(C)c1ccc([S+](c2ccc(OC3CCCCO3)cc2)c2ccc(N(C)C)cc2)cc1.CS(=O)(=O)[O-]. The van der Waals surface area contributed by atoms with Crippen LogP contribution in [0.3, 0.4) is 0 Å². The molecule has 9 heteroatoms. The van der Waals surface area contributed by atoms with Crippen molar-refractivity contribution in [1.82, 2.24) is 0 Å². The van der Waals surface area contributed by atoms with Gasteiger partial charge in [-0.1, -0.05) is 0 Å². The van der Waals surface area contributed by atoms with Crippen LogP contribution in [0.2, 0.25) is 0 Å². The van der Waals surface area contributed by atoms with Crippen LogP contribution in [-0.4, -0.2) is 60.3 Å². The molecule has 37 heavy (non-hydrogen) atoms. The molecule has 1 fully saturated rings. The highest BCUT2D eigenvalue weighted by Gasteiger charge is 2.29. The van der Waals surface area contributed by atoms with E-state index in [9.17, 15) is 0 Å². The molecule has 200 valence electrons. The lowest BCUT2D eigenvalue weighted by Gasteiger charge is -2.23. The normalized spacial score (nSPS) is 15.5. The van der Waals surface area contributed by atoms with Crippen LogP contribution in [0.4, 0.5) is 11.4 Å². The minimum atomic E-state index is -3.92. The molecule has 3 aromatic rings. The summed E-state index contributed by atoms with van der Waals surface area (Å²) in [7, 11) is 4.18. The van der Waals surface area contributed by atoms with Gasteiger partial charge in [0.15, 0.2) is 21.0 Å². The monoisotopic (exact) mass is 544 g/mol. The summed E-state index contributed by atoms with van der Waals surface area (Å²) in [5.74, 6) is 0.870. The van der Waals surface area contributed by atoms with Crippen LogP contribution in [0.25, 0.3) is 0 Å². The molecular formula is C28H36N2O5S2. The lowest BCUT2D eigenvalue weighted by atomic mass is 10.2. The molecule has 1 atom stereocenters. The second-order valence-electron chi connectivity index (χ2n) is 9.17. The van der Waals surface area contributed by atoms with E-state index in [2.05, 4.69) is 111 Å². The lowest BCUT2D eigenvalue weighted by Crippen LogP contribution is -2.24. The minimum Gasteiger partial charge on any atom is -0.748 e. The third kappa shape index (κ3) is 9.27. The molecular weight excluding hydrogens is 508 g/mol. The van der Waals surface area contributed by atoms with E-state index in [1.807, 2.05) is 0 Å². The summed E-state index contributed by atoms with van der Waals surface area (Å²) in [4.78, 5) is 8.15. The maximum atomic E-state index is 9.08. The zero-order valence-corrected chi connectivity index (χ0v) is 23.7. The Morgan fingerprint density at radius 2 is 1.19 bits per heavy atom. The van der Waals surface area contributed by atoms with Crippen molar-refractivity contribution in [1.29, 1.82) is 0 Å². The van der Waals surface area contributed by atoms with Gasteiger partial charge >= 0.3 is 0 Å². The second kappa shape index (κ2) is 13.2. The third-order valence-corrected chi connectivity index (χ3v) is 7.87. The number of hydrogen-bond donors (Lipinski definition) is 0. The fraction of sp³-hybridized carbons (Fsp3) is 0.357. The molecule has 1 aliphatic rings. The van der Waals surface area contributed by atoms with Crippen molar-refractivity contribution in [2.75, 3.05) is 50.9 Å². The highest BCUT2D eigenvalue weighted by atomic mass is 32.2. The molecule has 0 radical (unpaired) electrons. The molecule has 0 aromatic heterocycles. The molecule has 1 heterocycles. The molecule has 0 spiro atoms. The van der Waals surface area contributed by atoms with Gasteiger partial charge in [-0.05, 0) is 85.6 Å². The van der Waals surface area contributed by atoms with Crippen LogP contribution in [0.1, 0.15) is 19.3 Å². The van der Waals surface area contributed by atoms with E-state index in [1.165, 1.54) is 26.1 Å². The first-order chi connectivity index (χ1) is 17.5. The maximum absolute atomic E-state index is 9.08. The number of benzene rings is 3. The lowest BCUT2D eigenvalue weighted by molar-refractivity contribution is -0.105. The Balaban J connectivity index is 0.000000695. The molecule has 1 saturated heterocycles. The number of anilines is 2. The fourth-order valence-electron chi connectivity index (χ4n) is 3.78. The average Bonchev–Trinajstić information content (AvgIpc) is 2.85. The molecule has 3 aromatic carbocycles. The van der Waals surface area contributed by atoms with Crippen LogP contribution in [0.5, 0.6) is 5.75 Å². The van der Waals surface area contributed by atoms with Gasteiger partial charge in [0, 0.05) is 52.2 Å². The number of rotatable bonds is 7. The molecule has 0 bridgehead atoms. The summed E-state index contributed by atoms with van der Waals surface area (Å²) in [6, 6.07) is 26.3. The zero-order valence-electron chi connectivity index (χ0n) is 22.1. The fourth-order valence-corrected chi connectivity index (χ4v) is 5.82.